The fourth-order valence-corrected chi connectivity index (χ4v) is 13.9. The summed E-state index contributed by atoms with van der Waals surface area (Å²) >= 11 is 0. The van der Waals surface area contributed by atoms with Crippen LogP contribution < -0.4 is 0 Å². The number of allylic oxidation sites excluding steroid dienone is 2. The monoisotopic (exact) mass is 622 g/mol. The molecule has 1 aliphatic heterocycles. The molecule has 7 aliphatic rings. The van der Waals surface area contributed by atoms with Crippen LogP contribution in [0.2, 0.25) is 0 Å². The number of carboxylic acid groups (broad SMARTS) is 1. The fourth-order valence-electron chi connectivity index (χ4n) is 13.9. The first-order chi connectivity index (χ1) is 20.9. The predicted octanol–water partition coefficient (Wildman–Crippen LogP) is 9.44. The van der Waals surface area contributed by atoms with Crippen molar-refractivity contribution in [3.63, 3.8) is 0 Å². The van der Waals surface area contributed by atoms with Gasteiger partial charge in [0.15, 0.2) is 0 Å². The highest BCUT2D eigenvalue weighted by Crippen LogP contribution is 2.76. The Labute approximate surface area is 273 Å². The highest BCUT2D eigenvalue weighted by atomic mass is 16.7. The van der Waals surface area contributed by atoms with Crippen molar-refractivity contribution in [3.8, 4) is 0 Å². The van der Waals surface area contributed by atoms with Crippen LogP contribution in [-0.2, 0) is 19.1 Å². The Morgan fingerprint density at radius 2 is 1.60 bits per heavy atom. The summed E-state index contributed by atoms with van der Waals surface area (Å²) in [7, 11) is 0. The van der Waals surface area contributed by atoms with Crippen LogP contribution >= 0.6 is 0 Å². The number of hydrogen-bond acceptors (Lipinski definition) is 4. The lowest BCUT2D eigenvalue weighted by Crippen LogP contribution is -2.65. The van der Waals surface area contributed by atoms with Crippen molar-refractivity contribution in [2.45, 2.75) is 152 Å². The van der Waals surface area contributed by atoms with E-state index in [1.807, 2.05) is 0 Å². The van der Waals surface area contributed by atoms with Crippen molar-refractivity contribution < 1.29 is 24.2 Å². The SMILES string of the molecule is CC1[C@@H](O[C@H]2CC[C@]3(C)[C@H]4CC=C5[C@@H]6CC(C)(C)CC[C@]6(C(=O)O)CC[C@@]5(C)[C@]4(C)CC[C@H]3C2(C)C)OC(=O)[C@H]2[C@@H]1CC[C@@H]2C. The van der Waals surface area contributed by atoms with Gasteiger partial charge < -0.3 is 14.6 Å². The van der Waals surface area contributed by atoms with E-state index in [1.54, 1.807) is 0 Å². The molecule has 6 aliphatic carbocycles. The molecule has 0 radical (unpaired) electrons. The second-order valence-electron chi connectivity index (χ2n) is 19.6. The molecular weight excluding hydrogens is 560 g/mol. The number of carbonyl (C=O) groups excluding carboxylic acids is 1. The molecule has 0 amide bonds. The molecule has 1 saturated heterocycles. The van der Waals surface area contributed by atoms with Crippen molar-refractivity contribution in [2.24, 2.45) is 73.9 Å². The first-order valence-corrected chi connectivity index (χ1v) is 18.7. The van der Waals surface area contributed by atoms with Crippen molar-refractivity contribution in [1.29, 1.82) is 0 Å². The number of carboxylic acids is 1. The number of rotatable bonds is 3. The molecule has 1 N–H and O–H groups in total. The van der Waals surface area contributed by atoms with Crippen LogP contribution in [0.3, 0.4) is 0 Å². The number of aliphatic carboxylic acids is 1. The Kier molecular flexibility index (Phi) is 7.21. The lowest BCUT2D eigenvalue weighted by atomic mass is 9.33. The van der Waals surface area contributed by atoms with Crippen molar-refractivity contribution in [1.82, 2.24) is 0 Å². The minimum atomic E-state index is -0.585. The molecule has 252 valence electrons. The maximum Gasteiger partial charge on any atom is 0.311 e. The van der Waals surface area contributed by atoms with Crippen molar-refractivity contribution >= 4 is 11.9 Å². The Balaban J connectivity index is 1.16. The largest absolute Gasteiger partial charge is 0.481 e. The summed E-state index contributed by atoms with van der Waals surface area (Å²) in [5.41, 5.74) is 1.47. The highest BCUT2D eigenvalue weighted by molar-refractivity contribution is 5.77. The number of cyclic esters (lactones) is 1. The molecule has 0 bridgehead atoms. The normalized spacial score (nSPS) is 53.0. The Morgan fingerprint density at radius 1 is 0.889 bits per heavy atom. The molecule has 5 nitrogen and oxygen atoms in total. The summed E-state index contributed by atoms with van der Waals surface area (Å²) in [5.74, 6) is 1.76. The van der Waals surface area contributed by atoms with Crippen molar-refractivity contribution in [2.75, 3.05) is 0 Å². The molecular formula is C40H62O5. The highest BCUT2D eigenvalue weighted by Gasteiger charge is 2.69. The van der Waals surface area contributed by atoms with E-state index in [-0.39, 0.29) is 56.9 Å². The maximum absolute atomic E-state index is 13.1. The van der Waals surface area contributed by atoms with E-state index in [0.29, 0.717) is 23.7 Å². The summed E-state index contributed by atoms with van der Waals surface area (Å²) in [6, 6.07) is 0. The third-order valence-corrected chi connectivity index (χ3v) is 16.9. The lowest BCUT2D eigenvalue weighted by Gasteiger charge is -2.71. The molecule has 6 fully saturated rings. The first kappa shape index (κ1) is 32.2. The van der Waals surface area contributed by atoms with Gasteiger partial charge in [0.1, 0.15) is 0 Å². The molecule has 5 heteroatoms. The third-order valence-electron chi connectivity index (χ3n) is 16.9. The molecule has 5 saturated carbocycles. The smallest absolute Gasteiger partial charge is 0.311 e. The third kappa shape index (κ3) is 4.26. The average Bonchev–Trinajstić information content (AvgIpc) is 3.35. The second kappa shape index (κ2) is 10.1. The van der Waals surface area contributed by atoms with Crippen LogP contribution in [0.15, 0.2) is 11.6 Å². The van der Waals surface area contributed by atoms with Crippen LogP contribution in [0.4, 0.5) is 0 Å². The first-order valence-electron chi connectivity index (χ1n) is 18.7. The van der Waals surface area contributed by atoms with Crippen LogP contribution in [0.25, 0.3) is 0 Å². The van der Waals surface area contributed by atoms with Gasteiger partial charge in [0.05, 0.1) is 17.4 Å². The van der Waals surface area contributed by atoms with E-state index in [4.69, 9.17) is 9.47 Å². The number of esters is 1. The van der Waals surface area contributed by atoms with Gasteiger partial charge in [-0.1, -0.05) is 74.0 Å². The minimum Gasteiger partial charge on any atom is -0.481 e. The van der Waals surface area contributed by atoms with Gasteiger partial charge in [-0.3, -0.25) is 9.59 Å². The van der Waals surface area contributed by atoms with Crippen LogP contribution in [0.5, 0.6) is 0 Å². The molecule has 1 heterocycles. The zero-order chi connectivity index (χ0) is 32.5. The summed E-state index contributed by atoms with van der Waals surface area (Å²) in [6.45, 7) is 21.8. The summed E-state index contributed by atoms with van der Waals surface area (Å²) in [6.07, 6.45) is 14.7. The molecule has 0 spiro atoms. The second-order valence-corrected chi connectivity index (χ2v) is 19.6. The van der Waals surface area contributed by atoms with Gasteiger partial charge in [0, 0.05) is 5.92 Å². The number of ether oxygens (including phenoxy) is 2. The summed E-state index contributed by atoms with van der Waals surface area (Å²) in [4.78, 5) is 26.1. The van der Waals surface area contributed by atoms with E-state index in [9.17, 15) is 14.7 Å². The molecule has 7 rings (SSSR count). The van der Waals surface area contributed by atoms with Crippen LogP contribution in [0.1, 0.15) is 139 Å². The number of hydrogen-bond donors (Lipinski definition) is 1. The number of carbonyl (C=O) groups is 2. The van der Waals surface area contributed by atoms with Crippen LogP contribution in [-0.4, -0.2) is 29.4 Å². The maximum atomic E-state index is 13.1. The average molecular weight is 623 g/mol. The molecule has 1 unspecified atom stereocenters. The predicted molar refractivity (Wildman–Crippen MR) is 176 cm³/mol. The van der Waals surface area contributed by atoms with Gasteiger partial charge >= 0.3 is 11.9 Å². The Bertz CT molecular complexity index is 1280. The Morgan fingerprint density at radius 3 is 2.31 bits per heavy atom. The topological polar surface area (TPSA) is 72.8 Å². The van der Waals surface area contributed by atoms with Gasteiger partial charge in [-0.25, -0.2) is 0 Å². The van der Waals surface area contributed by atoms with Gasteiger partial charge in [-0.2, -0.15) is 0 Å². The lowest BCUT2D eigenvalue weighted by molar-refractivity contribution is -0.271. The molecule has 0 aromatic rings. The van der Waals surface area contributed by atoms with Gasteiger partial charge in [-0.05, 0) is 134 Å². The van der Waals surface area contributed by atoms with E-state index < -0.39 is 17.7 Å². The van der Waals surface area contributed by atoms with E-state index in [2.05, 4.69) is 68.4 Å². The van der Waals surface area contributed by atoms with Crippen molar-refractivity contribution in [3.05, 3.63) is 11.6 Å². The molecule has 45 heavy (non-hydrogen) atoms. The standard InChI is InChI=1S/C40H62O5/c1-23-10-11-25-24(2)33(45-32(41)31(23)25)44-30-15-16-37(7)28(36(30,5)6)14-17-39(9)29(37)13-12-26-27-22-35(3,4)18-20-40(27,34(42)43)21-19-38(26,39)8/h12,23-25,27-31,33H,10-11,13-22H2,1-9H3,(H,42,43)/t23-,24?,25+,27-,28-,29+,30-,31+,33-,37-,38+,39+,40-/m0/s1. The zero-order valence-electron chi connectivity index (χ0n) is 29.8. The van der Waals surface area contributed by atoms with Gasteiger partial charge in [0.25, 0.3) is 0 Å². The van der Waals surface area contributed by atoms with E-state index in [1.165, 1.54) is 18.4 Å². The molecule has 0 aromatic heterocycles. The van der Waals surface area contributed by atoms with E-state index >= 15 is 0 Å². The van der Waals surface area contributed by atoms with Gasteiger partial charge in [-0.15, -0.1) is 0 Å². The zero-order valence-corrected chi connectivity index (χ0v) is 29.8. The fraction of sp³-hybridized carbons (Fsp3) is 0.900. The van der Waals surface area contributed by atoms with E-state index in [0.717, 1.165) is 64.2 Å². The summed E-state index contributed by atoms with van der Waals surface area (Å²) in [5, 5.41) is 10.7. The molecule has 0 aromatic carbocycles. The Hall–Kier alpha value is -1.36. The quantitative estimate of drug-likeness (QED) is 0.193. The summed E-state index contributed by atoms with van der Waals surface area (Å²) < 4.78 is 13.0. The number of fused-ring (bicyclic) bond motifs is 8. The molecule has 13 atom stereocenters. The minimum absolute atomic E-state index is 0.0242. The van der Waals surface area contributed by atoms with Crippen LogP contribution in [0, 0.1) is 73.9 Å². The van der Waals surface area contributed by atoms with Gasteiger partial charge in [0.2, 0.25) is 6.29 Å².